The van der Waals surface area contributed by atoms with Gasteiger partial charge in [-0.05, 0) is 24.3 Å². The van der Waals surface area contributed by atoms with Crippen LogP contribution in [0.5, 0.6) is 11.5 Å². The van der Waals surface area contributed by atoms with Crippen LogP contribution in [0.4, 0.5) is 0 Å². The fraction of sp³-hybridized carbons (Fsp3) is 0.188. The monoisotopic (exact) mass is 303 g/mol. The van der Waals surface area contributed by atoms with Crippen molar-refractivity contribution in [2.45, 2.75) is 13.2 Å². The quantitative estimate of drug-likeness (QED) is 0.802. The van der Waals surface area contributed by atoms with Crippen molar-refractivity contribution in [2.24, 2.45) is 5.73 Å². The van der Waals surface area contributed by atoms with Crippen molar-refractivity contribution in [3.05, 3.63) is 59.2 Å². The molecule has 110 valence electrons. The zero-order valence-electron chi connectivity index (χ0n) is 11.7. The van der Waals surface area contributed by atoms with E-state index < -0.39 is 0 Å². The van der Waals surface area contributed by atoms with Gasteiger partial charge in [-0.1, -0.05) is 30.4 Å². The number of hydrogen-bond donors (Lipinski definition) is 2. The van der Waals surface area contributed by atoms with Crippen molar-refractivity contribution >= 4 is 17.2 Å². The zero-order valence-corrected chi connectivity index (χ0v) is 12.5. The Morgan fingerprint density at radius 3 is 2.57 bits per heavy atom. The molecule has 2 rings (SSSR count). The van der Waals surface area contributed by atoms with Crippen molar-refractivity contribution in [1.29, 1.82) is 0 Å². The second-order valence-electron chi connectivity index (χ2n) is 4.45. The summed E-state index contributed by atoms with van der Waals surface area (Å²) in [6, 6.07) is 12.8. The number of nitrogens with two attached hydrogens (primary N) is 1. The number of methoxy groups -OCH3 is 1. The summed E-state index contributed by atoms with van der Waals surface area (Å²) in [5.41, 5.74) is 7.99. The Hall–Kier alpha value is -2.11. The standard InChI is InChI=1S/C16H17NO3S/c1-19-14-7-6-11(16(17)21)8-13(14)10-20-15-5-3-2-4-12(15)9-18/h2-8,18H,9-10H2,1H3,(H2,17,21). The van der Waals surface area contributed by atoms with Gasteiger partial charge in [0.05, 0.1) is 13.7 Å². The van der Waals surface area contributed by atoms with Gasteiger partial charge >= 0.3 is 0 Å². The molecule has 5 heteroatoms. The molecule has 2 aromatic rings. The lowest BCUT2D eigenvalue weighted by Crippen LogP contribution is -2.10. The highest BCUT2D eigenvalue weighted by Gasteiger charge is 2.08. The van der Waals surface area contributed by atoms with Crippen LogP contribution in [0.25, 0.3) is 0 Å². The van der Waals surface area contributed by atoms with E-state index in [1.807, 2.05) is 42.5 Å². The van der Waals surface area contributed by atoms with Gasteiger partial charge in [-0.25, -0.2) is 0 Å². The molecule has 2 aromatic carbocycles. The number of para-hydroxylation sites is 1. The minimum atomic E-state index is -0.0692. The van der Waals surface area contributed by atoms with E-state index in [2.05, 4.69) is 0 Å². The predicted octanol–water partition coefficient (Wildman–Crippen LogP) is 2.40. The molecule has 0 radical (unpaired) electrons. The summed E-state index contributed by atoms with van der Waals surface area (Å²) in [5, 5.41) is 9.29. The van der Waals surface area contributed by atoms with Crippen molar-refractivity contribution < 1.29 is 14.6 Å². The Kier molecular flexibility index (Phi) is 5.14. The topological polar surface area (TPSA) is 64.7 Å². The summed E-state index contributed by atoms with van der Waals surface area (Å²) >= 11 is 4.98. The fourth-order valence-corrected chi connectivity index (χ4v) is 2.10. The first-order valence-electron chi connectivity index (χ1n) is 6.44. The third kappa shape index (κ3) is 3.71. The van der Waals surface area contributed by atoms with Crippen molar-refractivity contribution in [1.82, 2.24) is 0 Å². The molecule has 4 nitrogen and oxygen atoms in total. The first-order valence-corrected chi connectivity index (χ1v) is 6.84. The normalized spacial score (nSPS) is 10.2. The highest BCUT2D eigenvalue weighted by Crippen LogP contribution is 2.24. The number of ether oxygens (including phenoxy) is 2. The van der Waals surface area contributed by atoms with Crippen LogP contribution in [-0.2, 0) is 13.2 Å². The van der Waals surface area contributed by atoms with Gasteiger partial charge < -0.3 is 20.3 Å². The van der Waals surface area contributed by atoms with E-state index in [0.717, 1.165) is 16.7 Å². The van der Waals surface area contributed by atoms with Crippen LogP contribution in [0.15, 0.2) is 42.5 Å². The molecular formula is C16H17NO3S. The number of rotatable bonds is 6. The lowest BCUT2D eigenvalue weighted by molar-refractivity contribution is 0.257. The maximum absolute atomic E-state index is 9.29. The Bertz CT molecular complexity index is 643. The van der Waals surface area contributed by atoms with Crippen molar-refractivity contribution in [3.8, 4) is 11.5 Å². The Morgan fingerprint density at radius 2 is 1.90 bits per heavy atom. The van der Waals surface area contributed by atoms with Crippen LogP contribution in [0.2, 0.25) is 0 Å². The molecule has 0 aromatic heterocycles. The summed E-state index contributed by atoms with van der Waals surface area (Å²) < 4.78 is 11.1. The molecule has 21 heavy (non-hydrogen) atoms. The molecule has 0 saturated heterocycles. The Morgan fingerprint density at radius 1 is 1.14 bits per heavy atom. The van der Waals surface area contributed by atoms with E-state index in [4.69, 9.17) is 27.4 Å². The van der Waals surface area contributed by atoms with Crippen LogP contribution in [0.1, 0.15) is 16.7 Å². The van der Waals surface area contributed by atoms with Gasteiger partial charge in [0.15, 0.2) is 0 Å². The molecule has 0 aliphatic heterocycles. The smallest absolute Gasteiger partial charge is 0.125 e. The van der Waals surface area contributed by atoms with E-state index in [1.54, 1.807) is 7.11 Å². The Balaban J connectivity index is 2.22. The van der Waals surface area contributed by atoms with E-state index >= 15 is 0 Å². The maximum Gasteiger partial charge on any atom is 0.125 e. The molecule has 0 amide bonds. The first-order chi connectivity index (χ1) is 10.2. The van der Waals surface area contributed by atoms with Gasteiger partial charge in [0.1, 0.15) is 23.1 Å². The van der Waals surface area contributed by atoms with Gasteiger partial charge in [0.2, 0.25) is 0 Å². The maximum atomic E-state index is 9.29. The summed E-state index contributed by atoms with van der Waals surface area (Å²) in [5.74, 6) is 1.35. The summed E-state index contributed by atoms with van der Waals surface area (Å²) in [6.07, 6.45) is 0. The van der Waals surface area contributed by atoms with Crippen molar-refractivity contribution in [3.63, 3.8) is 0 Å². The number of thiocarbonyl (C=S) groups is 1. The molecule has 0 atom stereocenters. The Labute approximate surface area is 129 Å². The number of aliphatic hydroxyl groups is 1. The molecule has 0 heterocycles. The van der Waals surface area contributed by atoms with Crippen LogP contribution in [0, 0.1) is 0 Å². The largest absolute Gasteiger partial charge is 0.496 e. The zero-order chi connectivity index (χ0) is 15.2. The molecular weight excluding hydrogens is 286 g/mol. The van der Waals surface area contributed by atoms with Crippen LogP contribution in [-0.4, -0.2) is 17.2 Å². The highest BCUT2D eigenvalue weighted by molar-refractivity contribution is 7.80. The minimum absolute atomic E-state index is 0.0692. The molecule has 0 bridgehead atoms. The first kappa shape index (κ1) is 15.3. The van der Waals surface area contributed by atoms with Crippen LogP contribution < -0.4 is 15.2 Å². The SMILES string of the molecule is COc1ccc(C(N)=S)cc1COc1ccccc1CO. The van der Waals surface area contributed by atoms with Gasteiger partial charge in [-0.2, -0.15) is 0 Å². The molecule has 0 aliphatic rings. The second kappa shape index (κ2) is 7.06. The lowest BCUT2D eigenvalue weighted by Gasteiger charge is -2.13. The number of aliphatic hydroxyl groups excluding tert-OH is 1. The summed E-state index contributed by atoms with van der Waals surface area (Å²) in [6.45, 7) is 0.233. The molecule has 0 aliphatic carbocycles. The van der Waals surface area contributed by atoms with E-state index in [1.165, 1.54) is 0 Å². The van der Waals surface area contributed by atoms with E-state index in [9.17, 15) is 5.11 Å². The molecule has 0 saturated carbocycles. The number of benzene rings is 2. The molecule has 0 unspecified atom stereocenters. The predicted molar refractivity (Wildman–Crippen MR) is 85.6 cm³/mol. The summed E-state index contributed by atoms with van der Waals surface area (Å²) in [7, 11) is 1.60. The van der Waals surface area contributed by atoms with E-state index in [0.29, 0.717) is 23.1 Å². The third-order valence-electron chi connectivity index (χ3n) is 3.09. The average molecular weight is 303 g/mol. The van der Waals surface area contributed by atoms with Gasteiger partial charge in [-0.15, -0.1) is 0 Å². The van der Waals surface area contributed by atoms with Crippen LogP contribution >= 0.6 is 12.2 Å². The highest BCUT2D eigenvalue weighted by atomic mass is 32.1. The summed E-state index contributed by atoms with van der Waals surface area (Å²) in [4.78, 5) is 0.328. The van der Waals surface area contributed by atoms with Gasteiger partial charge in [-0.3, -0.25) is 0 Å². The fourth-order valence-electron chi connectivity index (χ4n) is 1.98. The third-order valence-corrected chi connectivity index (χ3v) is 3.33. The molecule has 0 spiro atoms. The molecule has 3 N–H and O–H groups in total. The average Bonchev–Trinajstić information content (AvgIpc) is 2.52. The van der Waals surface area contributed by atoms with Crippen LogP contribution in [0.3, 0.4) is 0 Å². The van der Waals surface area contributed by atoms with Crippen molar-refractivity contribution in [2.75, 3.05) is 7.11 Å². The number of hydrogen-bond acceptors (Lipinski definition) is 4. The van der Waals surface area contributed by atoms with Gasteiger partial charge in [0.25, 0.3) is 0 Å². The minimum Gasteiger partial charge on any atom is -0.496 e. The lowest BCUT2D eigenvalue weighted by atomic mass is 10.1. The van der Waals surface area contributed by atoms with Gasteiger partial charge in [0, 0.05) is 16.7 Å². The molecule has 0 fully saturated rings. The second-order valence-corrected chi connectivity index (χ2v) is 4.89. The van der Waals surface area contributed by atoms with E-state index in [-0.39, 0.29) is 6.61 Å².